The molecule has 0 fully saturated rings. The molecular weight excluding hydrogens is 384 g/mol. The normalized spacial score (nSPS) is 11.5. The number of thiazole rings is 1. The van der Waals surface area contributed by atoms with Gasteiger partial charge < -0.3 is 4.74 Å². The number of ether oxygens (including phenoxy) is 1. The molecule has 0 saturated heterocycles. The van der Waals surface area contributed by atoms with Crippen LogP contribution in [0.3, 0.4) is 0 Å². The Morgan fingerprint density at radius 1 is 1.28 bits per heavy atom. The molecule has 0 unspecified atom stereocenters. The third-order valence-electron chi connectivity index (χ3n) is 3.42. The van der Waals surface area contributed by atoms with Crippen molar-refractivity contribution in [2.75, 3.05) is 18.7 Å². The molecule has 0 spiro atoms. The van der Waals surface area contributed by atoms with Gasteiger partial charge in [0.25, 0.3) is 5.91 Å². The van der Waals surface area contributed by atoms with E-state index in [-0.39, 0.29) is 10.5 Å². The Bertz CT molecular complexity index is 1080. The number of methoxy groups -OCH3 is 1. The van der Waals surface area contributed by atoms with Crippen LogP contribution in [0.1, 0.15) is 10.4 Å². The SMILES string of the molecule is COc1ccc(Cl)c2sc(NC(=O)c3cccc(S(C)(=O)=O)c3)nc12. The molecule has 1 amide bonds. The predicted octanol–water partition coefficient (Wildman–Crippen LogP) is 3.61. The highest BCUT2D eigenvalue weighted by atomic mass is 35.5. The van der Waals surface area contributed by atoms with Crippen LogP contribution in [0.5, 0.6) is 5.75 Å². The molecule has 0 aliphatic rings. The average Bonchev–Trinajstić information content (AvgIpc) is 2.99. The first kappa shape index (κ1) is 17.7. The Balaban J connectivity index is 1.94. The molecular formula is C16H13ClN2O4S2. The minimum Gasteiger partial charge on any atom is -0.494 e. The molecule has 0 aliphatic carbocycles. The van der Waals surface area contributed by atoms with E-state index in [1.54, 1.807) is 12.1 Å². The molecule has 1 aromatic heterocycles. The number of carbonyl (C=O) groups is 1. The maximum Gasteiger partial charge on any atom is 0.257 e. The second kappa shape index (κ2) is 6.62. The summed E-state index contributed by atoms with van der Waals surface area (Å²) in [5.41, 5.74) is 0.778. The molecule has 2 aromatic carbocycles. The fourth-order valence-corrected chi connectivity index (χ4v) is 4.03. The van der Waals surface area contributed by atoms with Crippen molar-refractivity contribution in [1.29, 1.82) is 0 Å². The Labute approximate surface area is 153 Å². The quantitative estimate of drug-likeness (QED) is 0.728. The van der Waals surface area contributed by atoms with E-state index in [1.165, 1.54) is 42.7 Å². The number of hydrogen-bond acceptors (Lipinski definition) is 6. The van der Waals surface area contributed by atoms with Crippen molar-refractivity contribution in [2.24, 2.45) is 0 Å². The number of hydrogen-bond donors (Lipinski definition) is 1. The van der Waals surface area contributed by atoms with Gasteiger partial charge in [-0.15, -0.1) is 0 Å². The summed E-state index contributed by atoms with van der Waals surface area (Å²) in [4.78, 5) is 16.8. The zero-order valence-corrected chi connectivity index (χ0v) is 15.6. The molecule has 1 heterocycles. The van der Waals surface area contributed by atoms with Gasteiger partial charge in [-0.05, 0) is 30.3 Å². The maximum atomic E-state index is 12.4. The van der Waals surface area contributed by atoms with Crippen molar-refractivity contribution < 1.29 is 17.9 Å². The smallest absolute Gasteiger partial charge is 0.257 e. The summed E-state index contributed by atoms with van der Waals surface area (Å²) < 4.78 is 29.2. The van der Waals surface area contributed by atoms with Gasteiger partial charge in [-0.3, -0.25) is 10.1 Å². The minimum absolute atomic E-state index is 0.0779. The summed E-state index contributed by atoms with van der Waals surface area (Å²) in [6.07, 6.45) is 1.09. The van der Waals surface area contributed by atoms with Crippen molar-refractivity contribution in [3.05, 3.63) is 47.0 Å². The van der Waals surface area contributed by atoms with Crippen LogP contribution in [0.2, 0.25) is 5.02 Å². The highest BCUT2D eigenvalue weighted by Gasteiger charge is 2.16. The standard InChI is InChI=1S/C16H13ClN2O4S2/c1-23-12-7-6-11(17)14-13(12)18-16(24-14)19-15(20)9-4-3-5-10(8-9)25(2,21)22/h3-8H,1-2H3,(H,18,19,20). The number of fused-ring (bicyclic) bond motifs is 1. The van der Waals surface area contributed by atoms with Crippen molar-refractivity contribution in [3.8, 4) is 5.75 Å². The molecule has 130 valence electrons. The van der Waals surface area contributed by atoms with E-state index in [1.807, 2.05) is 0 Å². The summed E-state index contributed by atoms with van der Waals surface area (Å²) in [5.74, 6) is 0.0925. The maximum absolute atomic E-state index is 12.4. The van der Waals surface area contributed by atoms with Crippen LogP contribution >= 0.6 is 22.9 Å². The molecule has 0 atom stereocenters. The van der Waals surface area contributed by atoms with Crippen LogP contribution < -0.4 is 10.1 Å². The first-order valence-electron chi connectivity index (χ1n) is 7.04. The number of nitrogens with zero attached hydrogens (tertiary/aromatic N) is 1. The molecule has 25 heavy (non-hydrogen) atoms. The number of benzene rings is 2. The largest absolute Gasteiger partial charge is 0.494 e. The lowest BCUT2D eigenvalue weighted by atomic mass is 10.2. The lowest BCUT2D eigenvalue weighted by Gasteiger charge is -2.03. The van der Waals surface area contributed by atoms with E-state index < -0.39 is 15.7 Å². The minimum atomic E-state index is -3.39. The first-order valence-corrected chi connectivity index (χ1v) is 10.1. The van der Waals surface area contributed by atoms with Gasteiger partial charge in [0.15, 0.2) is 15.0 Å². The number of nitrogens with one attached hydrogen (secondary N) is 1. The van der Waals surface area contributed by atoms with Gasteiger partial charge in [0.1, 0.15) is 11.3 Å². The van der Waals surface area contributed by atoms with Gasteiger partial charge in [-0.1, -0.05) is 29.0 Å². The Kier molecular flexibility index (Phi) is 4.68. The number of rotatable bonds is 4. The second-order valence-corrected chi connectivity index (χ2v) is 8.62. The van der Waals surface area contributed by atoms with E-state index in [9.17, 15) is 13.2 Å². The van der Waals surface area contributed by atoms with Crippen LogP contribution in [0.4, 0.5) is 5.13 Å². The number of carbonyl (C=O) groups excluding carboxylic acids is 1. The van der Waals surface area contributed by atoms with Crippen molar-refractivity contribution in [1.82, 2.24) is 4.98 Å². The summed E-state index contributed by atoms with van der Waals surface area (Å²) in [6.45, 7) is 0. The fourth-order valence-electron chi connectivity index (χ4n) is 2.21. The number of sulfone groups is 1. The van der Waals surface area contributed by atoms with E-state index in [0.717, 1.165) is 6.26 Å². The van der Waals surface area contributed by atoms with Gasteiger partial charge in [-0.2, -0.15) is 0 Å². The van der Waals surface area contributed by atoms with Gasteiger partial charge in [0.05, 0.1) is 21.7 Å². The summed E-state index contributed by atoms with van der Waals surface area (Å²) >= 11 is 7.37. The summed E-state index contributed by atoms with van der Waals surface area (Å²) in [7, 11) is -1.87. The lowest BCUT2D eigenvalue weighted by molar-refractivity contribution is 0.102. The van der Waals surface area contributed by atoms with Crippen molar-refractivity contribution >= 4 is 54.0 Å². The summed E-state index contributed by atoms with van der Waals surface area (Å²) in [5, 5.41) is 3.52. The molecule has 0 radical (unpaired) electrons. The summed E-state index contributed by atoms with van der Waals surface area (Å²) in [6, 6.07) is 9.21. The zero-order valence-electron chi connectivity index (χ0n) is 13.2. The highest BCUT2D eigenvalue weighted by molar-refractivity contribution is 7.90. The number of halogens is 1. The molecule has 3 rings (SSSR count). The van der Waals surface area contributed by atoms with Crippen LogP contribution in [0.15, 0.2) is 41.3 Å². The fraction of sp³-hybridized carbons (Fsp3) is 0.125. The van der Waals surface area contributed by atoms with E-state index in [2.05, 4.69) is 10.3 Å². The highest BCUT2D eigenvalue weighted by Crippen LogP contribution is 2.37. The van der Waals surface area contributed by atoms with E-state index in [0.29, 0.717) is 26.1 Å². The molecule has 6 nitrogen and oxygen atoms in total. The van der Waals surface area contributed by atoms with E-state index in [4.69, 9.17) is 16.3 Å². The van der Waals surface area contributed by atoms with Crippen LogP contribution in [-0.2, 0) is 9.84 Å². The monoisotopic (exact) mass is 396 g/mol. The Morgan fingerprint density at radius 2 is 2.04 bits per heavy atom. The molecule has 0 bridgehead atoms. The van der Waals surface area contributed by atoms with Crippen LogP contribution in [0.25, 0.3) is 10.2 Å². The number of aromatic nitrogens is 1. The van der Waals surface area contributed by atoms with Gasteiger partial charge in [-0.25, -0.2) is 13.4 Å². The van der Waals surface area contributed by atoms with Crippen LogP contribution in [-0.4, -0.2) is 32.7 Å². The molecule has 0 aliphatic heterocycles. The third kappa shape index (κ3) is 3.60. The predicted molar refractivity (Wildman–Crippen MR) is 98.7 cm³/mol. The zero-order chi connectivity index (χ0) is 18.2. The van der Waals surface area contributed by atoms with Gasteiger partial charge in [0.2, 0.25) is 0 Å². The Morgan fingerprint density at radius 3 is 2.72 bits per heavy atom. The average molecular weight is 397 g/mol. The molecule has 1 N–H and O–H groups in total. The lowest BCUT2D eigenvalue weighted by Crippen LogP contribution is -2.12. The first-order chi connectivity index (χ1) is 11.8. The van der Waals surface area contributed by atoms with Gasteiger partial charge in [0, 0.05) is 11.8 Å². The topological polar surface area (TPSA) is 85.4 Å². The van der Waals surface area contributed by atoms with Gasteiger partial charge >= 0.3 is 0 Å². The molecule has 0 saturated carbocycles. The molecule has 9 heteroatoms. The second-order valence-electron chi connectivity index (χ2n) is 5.20. The van der Waals surface area contributed by atoms with E-state index >= 15 is 0 Å². The molecule has 3 aromatic rings. The number of amides is 1. The Hall–Kier alpha value is -2.16. The van der Waals surface area contributed by atoms with Crippen molar-refractivity contribution in [2.45, 2.75) is 4.90 Å². The number of anilines is 1. The third-order valence-corrected chi connectivity index (χ3v) is 5.96. The van der Waals surface area contributed by atoms with Crippen LogP contribution in [0, 0.1) is 0 Å². The van der Waals surface area contributed by atoms with Crippen molar-refractivity contribution in [3.63, 3.8) is 0 Å².